The van der Waals surface area contributed by atoms with E-state index in [1.807, 2.05) is 0 Å². The minimum atomic E-state index is 0.0872. The maximum Gasteiger partial charge on any atom is 0.0936 e. The van der Waals surface area contributed by atoms with E-state index < -0.39 is 0 Å². The SMILES string of the molecule is CCCCC/C=C\C/C=C\CCCCCCCCOCC(CN1CCOCC1)OCCO[C@H]1CC[C@@]2(C)C(=CC[C@H]3[C@@H]4CC[C@H]([C@H](C)CCCC(C)C)[C@@]4(C)CC[C@@H]32)C1. The molecular weight excluding hydrogens is 727 g/mol. The average molecular weight is 822 g/mol. The van der Waals surface area contributed by atoms with E-state index in [0.29, 0.717) is 36.8 Å². The van der Waals surface area contributed by atoms with Crippen molar-refractivity contribution in [1.29, 1.82) is 0 Å². The second-order valence-corrected chi connectivity index (χ2v) is 21.1. The van der Waals surface area contributed by atoms with Crippen LogP contribution in [-0.4, -0.2) is 76.4 Å². The van der Waals surface area contributed by atoms with Gasteiger partial charge in [0.1, 0.15) is 0 Å². The number of ether oxygens (including phenoxy) is 4. The molecular formula is C54H95NO4. The van der Waals surface area contributed by atoms with Crippen molar-refractivity contribution in [2.45, 2.75) is 201 Å². The summed E-state index contributed by atoms with van der Waals surface area (Å²) in [5.41, 5.74) is 2.68. The molecule has 9 atom stereocenters. The standard InChI is InChI=1S/C54H95NO4/c1-7-8-9-10-11-12-13-14-15-16-17-18-19-20-21-22-36-57-43-48(42-55-34-37-56-38-35-55)59-40-39-58-47-30-32-53(5)46(41-47)26-27-49-51-29-28-50(45(4)25-23-24-44(2)3)54(51,6)33-31-52(49)53/h11-12,14-15,26,44-45,47-52H,7-10,13,16-25,27-43H2,1-6H3/b12-11-,15-14-/t45-,47+,48?,49+,50-,51+,52+,53+,54-/m1/s1. The summed E-state index contributed by atoms with van der Waals surface area (Å²) in [6, 6.07) is 0. The molecule has 5 aliphatic rings. The molecule has 5 nitrogen and oxygen atoms in total. The van der Waals surface area contributed by atoms with Crippen LogP contribution >= 0.6 is 0 Å². The Morgan fingerprint density at radius 2 is 1.53 bits per heavy atom. The lowest BCUT2D eigenvalue weighted by molar-refractivity contribution is -0.0834. The smallest absolute Gasteiger partial charge is 0.0936 e. The Hall–Kier alpha value is -0.980. The number of hydrogen-bond donors (Lipinski definition) is 0. The Bertz CT molecular complexity index is 1220. The van der Waals surface area contributed by atoms with Gasteiger partial charge in [0, 0.05) is 26.2 Å². The molecule has 0 N–H and O–H groups in total. The summed E-state index contributed by atoms with van der Waals surface area (Å²) in [6.07, 6.45) is 42.9. The summed E-state index contributed by atoms with van der Waals surface area (Å²) in [6.45, 7) is 22.4. The summed E-state index contributed by atoms with van der Waals surface area (Å²) in [5, 5.41) is 0. The van der Waals surface area contributed by atoms with Crippen molar-refractivity contribution in [2.75, 3.05) is 59.3 Å². The third-order valence-corrected chi connectivity index (χ3v) is 16.4. The minimum absolute atomic E-state index is 0.0872. The van der Waals surface area contributed by atoms with E-state index in [2.05, 4.69) is 76.8 Å². The van der Waals surface area contributed by atoms with Gasteiger partial charge in [0.05, 0.1) is 45.2 Å². The van der Waals surface area contributed by atoms with Gasteiger partial charge in [-0.05, 0) is 136 Å². The number of allylic oxidation sites excluding steroid dienone is 5. The van der Waals surface area contributed by atoms with Gasteiger partial charge < -0.3 is 18.9 Å². The van der Waals surface area contributed by atoms with Crippen LogP contribution in [0.2, 0.25) is 0 Å². The third kappa shape index (κ3) is 15.4. The summed E-state index contributed by atoms with van der Waals surface area (Å²) in [4.78, 5) is 2.48. The predicted octanol–water partition coefficient (Wildman–Crippen LogP) is 14.0. The maximum atomic E-state index is 6.62. The number of fused-ring (bicyclic) bond motifs is 5. The second-order valence-electron chi connectivity index (χ2n) is 21.1. The molecule has 0 aromatic carbocycles. The van der Waals surface area contributed by atoms with Crippen LogP contribution in [0.15, 0.2) is 36.0 Å². The van der Waals surface area contributed by atoms with E-state index in [9.17, 15) is 0 Å². The number of rotatable bonds is 29. The molecule has 1 heterocycles. The Labute approximate surface area is 365 Å². The van der Waals surface area contributed by atoms with E-state index in [0.717, 1.165) is 94.2 Å². The quantitative estimate of drug-likeness (QED) is 0.0555. The molecule has 4 aliphatic carbocycles. The highest BCUT2D eigenvalue weighted by molar-refractivity contribution is 5.25. The minimum Gasteiger partial charge on any atom is -0.379 e. The molecule has 3 saturated carbocycles. The number of unbranched alkanes of at least 4 members (excludes halogenated alkanes) is 9. The lowest BCUT2D eigenvalue weighted by Crippen LogP contribution is -2.51. The zero-order valence-corrected chi connectivity index (χ0v) is 39.7. The van der Waals surface area contributed by atoms with Crippen LogP contribution in [0.5, 0.6) is 0 Å². The highest BCUT2D eigenvalue weighted by atomic mass is 16.6. The summed E-state index contributed by atoms with van der Waals surface area (Å²) < 4.78 is 25.0. The van der Waals surface area contributed by atoms with E-state index in [-0.39, 0.29) is 6.10 Å². The number of nitrogens with zero attached hydrogens (tertiary/aromatic N) is 1. The fraction of sp³-hybridized carbons (Fsp3) is 0.889. The first-order valence-corrected chi connectivity index (χ1v) is 25.8. The molecule has 1 saturated heterocycles. The zero-order chi connectivity index (χ0) is 41.8. The van der Waals surface area contributed by atoms with Crippen molar-refractivity contribution in [3.05, 3.63) is 36.0 Å². The fourth-order valence-electron chi connectivity index (χ4n) is 12.9. The molecule has 0 spiro atoms. The molecule has 1 aliphatic heterocycles. The summed E-state index contributed by atoms with van der Waals surface area (Å²) in [5.74, 6) is 5.36. The molecule has 5 rings (SSSR count). The second kappa shape index (κ2) is 26.6. The Morgan fingerprint density at radius 3 is 2.29 bits per heavy atom. The average Bonchev–Trinajstić information content (AvgIpc) is 3.59. The van der Waals surface area contributed by atoms with Gasteiger partial charge in [0.25, 0.3) is 0 Å². The lowest BCUT2D eigenvalue weighted by atomic mass is 9.47. The first-order valence-electron chi connectivity index (χ1n) is 25.8. The van der Waals surface area contributed by atoms with Crippen LogP contribution in [0.4, 0.5) is 0 Å². The van der Waals surface area contributed by atoms with Gasteiger partial charge in [-0.1, -0.05) is 135 Å². The van der Waals surface area contributed by atoms with Crippen molar-refractivity contribution >= 4 is 0 Å². The molecule has 59 heavy (non-hydrogen) atoms. The van der Waals surface area contributed by atoms with E-state index in [1.165, 1.54) is 128 Å². The molecule has 0 amide bonds. The van der Waals surface area contributed by atoms with Crippen molar-refractivity contribution < 1.29 is 18.9 Å². The van der Waals surface area contributed by atoms with E-state index in [4.69, 9.17) is 18.9 Å². The molecule has 4 fully saturated rings. The predicted molar refractivity (Wildman–Crippen MR) is 250 cm³/mol. The van der Waals surface area contributed by atoms with Gasteiger partial charge in [0.2, 0.25) is 0 Å². The van der Waals surface area contributed by atoms with Gasteiger partial charge in [-0.15, -0.1) is 0 Å². The third-order valence-electron chi connectivity index (χ3n) is 16.4. The lowest BCUT2D eigenvalue weighted by Gasteiger charge is -2.58. The van der Waals surface area contributed by atoms with E-state index >= 15 is 0 Å². The van der Waals surface area contributed by atoms with Crippen LogP contribution in [-0.2, 0) is 18.9 Å². The zero-order valence-electron chi connectivity index (χ0n) is 39.7. The number of morpholine rings is 1. The van der Waals surface area contributed by atoms with Crippen LogP contribution in [0, 0.1) is 46.3 Å². The van der Waals surface area contributed by atoms with Crippen LogP contribution in [0.25, 0.3) is 0 Å². The van der Waals surface area contributed by atoms with Gasteiger partial charge in [-0.3, -0.25) is 4.90 Å². The van der Waals surface area contributed by atoms with Crippen molar-refractivity contribution in [2.24, 2.45) is 46.3 Å². The first kappa shape index (κ1) is 49.0. The Kier molecular flexibility index (Phi) is 22.1. The molecule has 0 aromatic heterocycles. The van der Waals surface area contributed by atoms with Crippen LogP contribution in [0.3, 0.4) is 0 Å². The molecule has 340 valence electrons. The molecule has 1 unspecified atom stereocenters. The Morgan fingerprint density at radius 1 is 0.780 bits per heavy atom. The molecule has 5 heteroatoms. The maximum absolute atomic E-state index is 6.62. The van der Waals surface area contributed by atoms with Crippen molar-refractivity contribution in [3.63, 3.8) is 0 Å². The molecule has 0 bridgehead atoms. The number of hydrogen-bond acceptors (Lipinski definition) is 5. The molecule has 0 aromatic rings. The van der Waals surface area contributed by atoms with Crippen LogP contribution in [0.1, 0.15) is 189 Å². The van der Waals surface area contributed by atoms with Crippen molar-refractivity contribution in [3.8, 4) is 0 Å². The highest BCUT2D eigenvalue weighted by Crippen LogP contribution is 2.67. The van der Waals surface area contributed by atoms with Gasteiger partial charge >= 0.3 is 0 Å². The normalized spacial score (nSPS) is 31.1. The summed E-state index contributed by atoms with van der Waals surface area (Å²) in [7, 11) is 0. The first-order chi connectivity index (χ1) is 28.7. The Balaban J connectivity index is 0.960. The van der Waals surface area contributed by atoms with Gasteiger partial charge in [-0.25, -0.2) is 0 Å². The van der Waals surface area contributed by atoms with Crippen LogP contribution < -0.4 is 0 Å². The van der Waals surface area contributed by atoms with E-state index in [1.54, 1.807) is 5.57 Å². The van der Waals surface area contributed by atoms with Gasteiger partial charge in [-0.2, -0.15) is 0 Å². The fourth-order valence-corrected chi connectivity index (χ4v) is 12.9. The molecule has 0 radical (unpaired) electrons. The topological polar surface area (TPSA) is 40.2 Å². The van der Waals surface area contributed by atoms with Gasteiger partial charge in [0.15, 0.2) is 0 Å². The monoisotopic (exact) mass is 822 g/mol. The summed E-state index contributed by atoms with van der Waals surface area (Å²) >= 11 is 0. The van der Waals surface area contributed by atoms with Crippen molar-refractivity contribution in [1.82, 2.24) is 4.90 Å². The largest absolute Gasteiger partial charge is 0.379 e. The highest BCUT2D eigenvalue weighted by Gasteiger charge is 2.59.